The van der Waals surface area contributed by atoms with Crippen LogP contribution in [0.1, 0.15) is 14.4 Å². The second kappa shape index (κ2) is 9.55. The van der Waals surface area contributed by atoms with E-state index < -0.39 is 5.97 Å². The maximum Gasteiger partial charge on any atom is 1.00 e. The van der Waals surface area contributed by atoms with E-state index in [2.05, 4.69) is 0 Å². The van der Waals surface area contributed by atoms with Crippen LogP contribution in [0.2, 0.25) is 0 Å². The van der Waals surface area contributed by atoms with Crippen LogP contribution < -0.4 is 63.3 Å². The number of carboxylic acids is 1. The van der Waals surface area contributed by atoms with Crippen molar-refractivity contribution in [1.29, 1.82) is 0 Å². The van der Waals surface area contributed by atoms with E-state index in [1.807, 2.05) is 0 Å². The SMILES string of the molecule is C.CC(=O)[O-].[Rb+]. The number of carbonyl (C=O) groups excluding carboxylic acids is 1. The average molecular weight is 161 g/mol. The average Bonchev–Trinajstić information content (AvgIpc) is 0.811. The van der Waals surface area contributed by atoms with Crippen molar-refractivity contribution in [1.82, 2.24) is 0 Å². The first-order valence-electron chi connectivity index (χ1n) is 0.908. The molecule has 32 valence electrons. The predicted octanol–water partition coefficient (Wildman–Crippen LogP) is -3.60. The smallest absolute Gasteiger partial charge is 0.550 e. The number of carboxylic acid groups (broad SMARTS) is 1. The molecule has 0 saturated heterocycles. The molecule has 0 unspecified atom stereocenters. The molecular weight excluding hydrogens is 153 g/mol. The number of rotatable bonds is 0. The number of hydrogen-bond acceptors (Lipinski definition) is 2. The Hall–Kier alpha value is 1.28. The fourth-order valence-corrected chi connectivity index (χ4v) is 0. The summed E-state index contributed by atoms with van der Waals surface area (Å²) >= 11 is 0. The first-order valence-corrected chi connectivity index (χ1v) is 0.908. The van der Waals surface area contributed by atoms with Crippen LogP contribution >= 0.6 is 0 Å². The fourth-order valence-electron chi connectivity index (χ4n) is 0. The number of aliphatic carboxylic acids is 1. The molecule has 0 fully saturated rings. The van der Waals surface area contributed by atoms with Crippen molar-refractivity contribution in [3.8, 4) is 0 Å². The van der Waals surface area contributed by atoms with E-state index in [9.17, 15) is 0 Å². The zero-order valence-corrected chi connectivity index (χ0v) is 8.23. The summed E-state index contributed by atoms with van der Waals surface area (Å²) < 4.78 is 0. The molecule has 0 aliphatic rings. The molecule has 0 rings (SSSR count). The quantitative estimate of drug-likeness (QED) is 0.367. The zero-order valence-electron chi connectivity index (χ0n) is 3.32. The molecule has 0 bridgehead atoms. The molecule has 0 atom stereocenters. The summed E-state index contributed by atoms with van der Waals surface area (Å²) in [6.45, 7) is 0.972. The molecule has 0 amide bonds. The third-order valence-corrected chi connectivity index (χ3v) is 0. The Balaban J connectivity index is -0.0000000450. The monoisotopic (exact) mass is 160 g/mol. The zero-order chi connectivity index (χ0) is 3.58. The van der Waals surface area contributed by atoms with Gasteiger partial charge in [0, 0.05) is 5.97 Å². The summed E-state index contributed by atoms with van der Waals surface area (Å²) in [7, 11) is 0. The van der Waals surface area contributed by atoms with E-state index >= 15 is 0 Å². The van der Waals surface area contributed by atoms with Crippen LogP contribution in [0.25, 0.3) is 0 Å². The second-order valence-corrected chi connectivity index (χ2v) is 0.492. The van der Waals surface area contributed by atoms with Gasteiger partial charge >= 0.3 is 58.2 Å². The minimum Gasteiger partial charge on any atom is -0.550 e. The van der Waals surface area contributed by atoms with Crippen molar-refractivity contribution in [2.75, 3.05) is 0 Å². The van der Waals surface area contributed by atoms with Crippen LogP contribution in [0.3, 0.4) is 0 Å². The first kappa shape index (κ1) is 15.7. The molecular formula is C3H7O2Rb. The van der Waals surface area contributed by atoms with Crippen molar-refractivity contribution in [2.45, 2.75) is 14.4 Å². The van der Waals surface area contributed by atoms with E-state index in [1.54, 1.807) is 0 Å². The van der Waals surface area contributed by atoms with E-state index in [-0.39, 0.29) is 65.6 Å². The minimum absolute atomic E-state index is 0. The van der Waals surface area contributed by atoms with Gasteiger partial charge in [0.1, 0.15) is 0 Å². The summed E-state index contributed by atoms with van der Waals surface area (Å²) in [5.41, 5.74) is 0. The molecule has 0 saturated carbocycles. The molecule has 0 aliphatic heterocycles. The number of carbonyl (C=O) groups is 1. The van der Waals surface area contributed by atoms with Crippen molar-refractivity contribution >= 4 is 5.97 Å². The van der Waals surface area contributed by atoms with Crippen LogP contribution in [0.15, 0.2) is 0 Å². The third-order valence-electron chi connectivity index (χ3n) is 0. The summed E-state index contributed by atoms with van der Waals surface area (Å²) in [5.74, 6) is -1.08. The molecule has 0 radical (unpaired) electrons. The van der Waals surface area contributed by atoms with Gasteiger partial charge in [0.25, 0.3) is 0 Å². The first-order chi connectivity index (χ1) is 1.73. The Labute approximate surface area is 86.7 Å². The topological polar surface area (TPSA) is 40.1 Å². The second-order valence-electron chi connectivity index (χ2n) is 0.492. The van der Waals surface area contributed by atoms with E-state index in [4.69, 9.17) is 9.90 Å². The Bertz CT molecular complexity index is 31.8. The van der Waals surface area contributed by atoms with Gasteiger partial charge in [-0.1, -0.05) is 7.43 Å². The van der Waals surface area contributed by atoms with Gasteiger partial charge in [0.05, 0.1) is 0 Å². The van der Waals surface area contributed by atoms with E-state index in [0.717, 1.165) is 6.92 Å². The molecule has 0 N–H and O–H groups in total. The molecule has 0 aromatic heterocycles. The Morgan fingerprint density at radius 3 is 1.67 bits per heavy atom. The maximum absolute atomic E-state index is 8.89. The van der Waals surface area contributed by atoms with Crippen LogP contribution in [0, 0.1) is 0 Å². The van der Waals surface area contributed by atoms with Crippen LogP contribution in [-0.4, -0.2) is 5.97 Å². The summed E-state index contributed by atoms with van der Waals surface area (Å²) in [6, 6.07) is 0. The van der Waals surface area contributed by atoms with Crippen molar-refractivity contribution < 1.29 is 68.1 Å². The van der Waals surface area contributed by atoms with Gasteiger partial charge in [-0.15, -0.1) is 0 Å². The van der Waals surface area contributed by atoms with Crippen molar-refractivity contribution in [3.05, 3.63) is 0 Å². The molecule has 0 spiro atoms. The van der Waals surface area contributed by atoms with Crippen molar-refractivity contribution in [3.63, 3.8) is 0 Å². The van der Waals surface area contributed by atoms with E-state index in [0.29, 0.717) is 0 Å². The summed E-state index contributed by atoms with van der Waals surface area (Å²) in [5, 5.41) is 8.89. The molecule has 6 heavy (non-hydrogen) atoms. The molecule has 2 nitrogen and oxygen atoms in total. The summed E-state index contributed by atoms with van der Waals surface area (Å²) in [4.78, 5) is 8.89. The van der Waals surface area contributed by atoms with Gasteiger partial charge in [-0.25, -0.2) is 0 Å². The molecule has 0 aromatic rings. The van der Waals surface area contributed by atoms with Crippen molar-refractivity contribution in [2.24, 2.45) is 0 Å². The number of hydrogen-bond donors (Lipinski definition) is 0. The molecule has 0 heterocycles. The summed E-state index contributed by atoms with van der Waals surface area (Å²) in [6.07, 6.45) is 0. The van der Waals surface area contributed by atoms with Gasteiger partial charge in [-0.05, 0) is 6.92 Å². The minimum atomic E-state index is -1.08. The van der Waals surface area contributed by atoms with Crippen LogP contribution in [0.5, 0.6) is 0 Å². The maximum atomic E-state index is 8.89. The molecule has 0 aromatic carbocycles. The van der Waals surface area contributed by atoms with Gasteiger partial charge in [0.2, 0.25) is 0 Å². The van der Waals surface area contributed by atoms with Crippen LogP contribution in [0.4, 0.5) is 0 Å². The van der Waals surface area contributed by atoms with Gasteiger partial charge in [-0.2, -0.15) is 0 Å². The van der Waals surface area contributed by atoms with Crippen LogP contribution in [-0.2, 0) is 4.79 Å². The van der Waals surface area contributed by atoms with Gasteiger partial charge in [-0.3, -0.25) is 0 Å². The normalized spacial score (nSPS) is 4.17. The Kier molecular flexibility index (Phi) is 25.0. The van der Waals surface area contributed by atoms with E-state index in [1.165, 1.54) is 0 Å². The largest absolute Gasteiger partial charge is 1.00 e. The molecule has 0 aliphatic carbocycles. The Morgan fingerprint density at radius 1 is 1.67 bits per heavy atom. The van der Waals surface area contributed by atoms with Gasteiger partial charge < -0.3 is 9.90 Å². The fraction of sp³-hybridized carbons (Fsp3) is 0.667. The predicted molar refractivity (Wildman–Crippen MR) is 17.4 cm³/mol. The third kappa shape index (κ3) is 59.3. The standard InChI is InChI=1S/C2H4O2.CH4.Rb/c1-2(3)4;;/h1H3,(H,3,4);1H4;/q;;+1/p-1. The van der Waals surface area contributed by atoms with Gasteiger partial charge in [0.15, 0.2) is 0 Å². The Morgan fingerprint density at radius 2 is 1.67 bits per heavy atom. The molecule has 3 heteroatoms.